The van der Waals surface area contributed by atoms with Crippen LogP contribution in [0, 0.1) is 6.92 Å². The molecule has 0 aliphatic carbocycles. The molecule has 0 radical (unpaired) electrons. The number of carbonyl (C=O) groups is 3. The summed E-state index contributed by atoms with van der Waals surface area (Å²) >= 11 is 1.34. The van der Waals surface area contributed by atoms with Crippen molar-refractivity contribution in [3.8, 4) is 0 Å². The van der Waals surface area contributed by atoms with Gasteiger partial charge in [-0.15, -0.1) is 0 Å². The minimum Gasteiger partial charge on any atom is -0.459 e. The zero-order valence-electron chi connectivity index (χ0n) is 14.6. The fourth-order valence-corrected chi connectivity index (χ4v) is 3.22. The van der Waals surface area contributed by atoms with Crippen LogP contribution in [0.25, 0.3) is 10.2 Å². The maximum Gasteiger partial charge on any atom is 0.328 e. The fourth-order valence-electron chi connectivity index (χ4n) is 2.24. The topological polar surface area (TPSA) is 111 Å². The number of esters is 1. The Labute approximate surface area is 158 Å². The molecule has 0 fully saturated rings. The molecule has 0 saturated heterocycles. The second-order valence-electron chi connectivity index (χ2n) is 5.82. The van der Waals surface area contributed by atoms with Gasteiger partial charge in [-0.1, -0.05) is 17.4 Å². The molecule has 3 aromatic rings. The predicted octanol–water partition coefficient (Wildman–Crippen LogP) is 2.50. The van der Waals surface area contributed by atoms with E-state index in [4.69, 9.17) is 9.15 Å². The average Bonchev–Trinajstić information content (AvgIpc) is 3.28. The van der Waals surface area contributed by atoms with Gasteiger partial charge in [-0.2, -0.15) is 0 Å². The molecule has 8 nitrogen and oxygen atoms in total. The van der Waals surface area contributed by atoms with Crippen LogP contribution in [0.1, 0.15) is 23.0 Å². The zero-order chi connectivity index (χ0) is 19.4. The number of aromatic nitrogens is 1. The van der Waals surface area contributed by atoms with Gasteiger partial charge in [0.2, 0.25) is 0 Å². The summed E-state index contributed by atoms with van der Waals surface area (Å²) in [6.07, 6.45) is 1.35. The number of thiazole rings is 1. The van der Waals surface area contributed by atoms with Crippen molar-refractivity contribution >= 4 is 44.5 Å². The summed E-state index contributed by atoms with van der Waals surface area (Å²) in [6, 6.07) is 7.90. The Morgan fingerprint density at radius 2 is 2.11 bits per heavy atom. The van der Waals surface area contributed by atoms with Gasteiger partial charge in [0.05, 0.1) is 16.5 Å². The van der Waals surface area contributed by atoms with E-state index in [0.29, 0.717) is 5.13 Å². The summed E-state index contributed by atoms with van der Waals surface area (Å²) < 4.78 is 10.8. The Morgan fingerprint density at radius 1 is 1.30 bits per heavy atom. The number of furan rings is 1. The Kier molecular flexibility index (Phi) is 5.51. The van der Waals surface area contributed by atoms with E-state index in [9.17, 15) is 14.4 Å². The molecule has 1 atom stereocenters. The summed E-state index contributed by atoms with van der Waals surface area (Å²) in [5.41, 5.74) is 1.88. The molecule has 2 amide bonds. The van der Waals surface area contributed by atoms with Crippen LogP contribution in [0.2, 0.25) is 0 Å². The van der Waals surface area contributed by atoms with Crippen LogP contribution in [0.4, 0.5) is 5.13 Å². The van der Waals surface area contributed by atoms with Gasteiger partial charge in [0.25, 0.3) is 11.8 Å². The first-order chi connectivity index (χ1) is 12.9. The smallest absolute Gasteiger partial charge is 0.328 e. The van der Waals surface area contributed by atoms with Gasteiger partial charge in [-0.05, 0) is 43.7 Å². The van der Waals surface area contributed by atoms with Crippen LogP contribution >= 0.6 is 11.3 Å². The second kappa shape index (κ2) is 8.00. The summed E-state index contributed by atoms with van der Waals surface area (Å²) in [4.78, 5) is 40.0. The normalized spacial score (nSPS) is 11.8. The van der Waals surface area contributed by atoms with E-state index < -0.39 is 30.4 Å². The van der Waals surface area contributed by atoms with Crippen molar-refractivity contribution in [2.75, 3.05) is 11.9 Å². The predicted molar refractivity (Wildman–Crippen MR) is 99.6 cm³/mol. The van der Waals surface area contributed by atoms with E-state index >= 15 is 0 Å². The quantitative estimate of drug-likeness (QED) is 0.629. The second-order valence-corrected chi connectivity index (χ2v) is 6.85. The highest BCUT2D eigenvalue weighted by molar-refractivity contribution is 7.22. The number of amides is 2. The maximum absolute atomic E-state index is 12.0. The first-order valence-corrected chi connectivity index (χ1v) is 8.92. The Hall–Kier alpha value is -3.20. The van der Waals surface area contributed by atoms with Crippen molar-refractivity contribution in [3.63, 3.8) is 0 Å². The van der Waals surface area contributed by atoms with Crippen molar-refractivity contribution < 1.29 is 23.5 Å². The molecule has 2 N–H and O–H groups in total. The number of rotatable bonds is 6. The van der Waals surface area contributed by atoms with Gasteiger partial charge in [0.1, 0.15) is 6.04 Å². The summed E-state index contributed by atoms with van der Waals surface area (Å²) in [7, 11) is 0. The Bertz CT molecular complexity index is 980. The lowest BCUT2D eigenvalue weighted by atomic mass is 10.2. The summed E-state index contributed by atoms with van der Waals surface area (Å²) in [5.74, 6) is -1.70. The third-order valence-corrected chi connectivity index (χ3v) is 4.52. The highest BCUT2D eigenvalue weighted by Crippen LogP contribution is 2.26. The molecule has 0 bridgehead atoms. The highest BCUT2D eigenvalue weighted by atomic mass is 32.1. The molecule has 0 saturated carbocycles. The molecule has 2 aromatic heterocycles. The molecular formula is C18H17N3O5S. The van der Waals surface area contributed by atoms with Crippen LogP contribution in [-0.2, 0) is 14.3 Å². The molecule has 0 aliphatic rings. The number of benzene rings is 1. The maximum atomic E-state index is 12.0. The average molecular weight is 387 g/mol. The van der Waals surface area contributed by atoms with Crippen LogP contribution in [-0.4, -0.2) is 35.4 Å². The minimum absolute atomic E-state index is 0.0819. The van der Waals surface area contributed by atoms with E-state index in [1.807, 2.05) is 25.1 Å². The summed E-state index contributed by atoms with van der Waals surface area (Å²) in [6.45, 7) is 2.95. The van der Waals surface area contributed by atoms with Crippen molar-refractivity contribution in [1.29, 1.82) is 0 Å². The van der Waals surface area contributed by atoms with E-state index in [2.05, 4.69) is 15.6 Å². The third kappa shape index (κ3) is 4.70. The van der Waals surface area contributed by atoms with Crippen molar-refractivity contribution in [3.05, 3.63) is 47.9 Å². The van der Waals surface area contributed by atoms with Gasteiger partial charge in [0, 0.05) is 0 Å². The molecular weight excluding hydrogens is 370 g/mol. The first-order valence-electron chi connectivity index (χ1n) is 8.10. The molecule has 1 aromatic carbocycles. The van der Waals surface area contributed by atoms with Crippen LogP contribution in [0.5, 0.6) is 0 Å². The number of anilines is 1. The van der Waals surface area contributed by atoms with Gasteiger partial charge in [0.15, 0.2) is 17.5 Å². The van der Waals surface area contributed by atoms with E-state index in [-0.39, 0.29) is 5.76 Å². The lowest BCUT2D eigenvalue weighted by molar-refractivity contribution is -0.148. The SMILES string of the molecule is Cc1ccc2nc(NC(=O)COC(=O)[C@H](C)NC(=O)c3ccco3)sc2c1. The molecule has 3 rings (SSSR count). The van der Waals surface area contributed by atoms with Gasteiger partial charge in [-0.25, -0.2) is 9.78 Å². The van der Waals surface area contributed by atoms with Crippen LogP contribution in [0.15, 0.2) is 41.0 Å². The number of nitrogens with zero attached hydrogens (tertiary/aromatic N) is 1. The number of carbonyl (C=O) groups excluding carboxylic acids is 3. The Morgan fingerprint density at radius 3 is 2.85 bits per heavy atom. The fraction of sp³-hybridized carbons (Fsp3) is 0.222. The standard InChI is InChI=1S/C18H17N3O5S/c1-10-5-6-12-14(8-10)27-18(20-12)21-15(22)9-26-17(24)11(2)19-16(23)13-4-3-7-25-13/h3-8,11H,9H2,1-2H3,(H,19,23)(H,20,21,22)/t11-/m0/s1. The lowest BCUT2D eigenvalue weighted by Crippen LogP contribution is -2.40. The number of hydrogen-bond acceptors (Lipinski definition) is 7. The summed E-state index contributed by atoms with van der Waals surface area (Å²) in [5, 5.41) is 5.45. The molecule has 2 heterocycles. The van der Waals surface area contributed by atoms with Gasteiger partial charge >= 0.3 is 5.97 Å². The van der Waals surface area contributed by atoms with Crippen molar-refractivity contribution in [1.82, 2.24) is 10.3 Å². The minimum atomic E-state index is -0.930. The van der Waals surface area contributed by atoms with Gasteiger partial charge in [-0.3, -0.25) is 14.9 Å². The number of hydrogen-bond donors (Lipinski definition) is 2. The Balaban J connectivity index is 1.48. The molecule has 0 spiro atoms. The number of nitrogens with one attached hydrogen (secondary N) is 2. The third-order valence-electron chi connectivity index (χ3n) is 3.58. The monoisotopic (exact) mass is 387 g/mol. The highest BCUT2D eigenvalue weighted by Gasteiger charge is 2.20. The van der Waals surface area contributed by atoms with Crippen LogP contribution < -0.4 is 10.6 Å². The molecule has 140 valence electrons. The van der Waals surface area contributed by atoms with Gasteiger partial charge < -0.3 is 14.5 Å². The largest absolute Gasteiger partial charge is 0.459 e. The number of fused-ring (bicyclic) bond motifs is 1. The van der Waals surface area contributed by atoms with E-state index in [1.54, 1.807) is 6.07 Å². The lowest BCUT2D eigenvalue weighted by Gasteiger charge is -2.12. The molecule has 0 unspecified atom stereocenters. The molecule has 9 heteroatoms. The number of aryl methyl sites for hydroxylation is 1. The number of ether oxygens (including phenoxy) is 1. The van der Waals surface area contributed by atoms with Crippen molar-refractivity contribution in [2.45, 2.75) is 19.9 Å². The van der Waals surface area contributed by atoms with Crippen molar-refractivity contribution in [2.24, 2.45) is 0 Å². The van der Waals surface area contributed by atoms with E-state index in [1.165, 1.54) is 30.6 Å². The molecule has 0 aliphatic heterocycles. The zero-order valence-corrected chi connectivity index (χ0v) is 15.5. The van der Waals surface area contributed by atoms with E-state index in [0.717, 1.165) is 15.8 Å². The first kappa shape index (κ1) is 18.6. The molecule has 27 heavy (non-hydrogen) atoms. The van der Waals surface area contributed by atoms with Crippen LogP contribution in [0.3, 0.4) is 0 Å².